The summed E-state index contributed by atoms with van der Waals surface area (Å²) in [5, 5.41) is 4.48. The molecule has 8 aromatic rings. The van der Waals surface area contributed by atoms with Crippen molar-refractivity contribution in [1.29, 1.82) is 0 Å². The van der Waals surface area contributed by atoms with E-state index in [1.807, 2.05) is 66.7 Å². The van der Waals surface area contributed by atoms with E-state index in [-0.39, 0.29) is 32.7 Å². The number of rotatable bonds is 2. The maximum atomic E-state index is 9.29. The average Bonchev–Trinajstić information content (AvgIpc) is 3.14. The Morgan fingerprint density at radius 1 is 0.395 bits per heavy atom. The Kier molecular flexibility index (Phi) is 2.63. The number of hydrogen-bond acceptors (Lipinski definition) is 0. The Balaban J connectivity index is 1.75. The molecule has 8 rings (SSSR count). The molecule has 0 nitrogen and oxygen atoms in total. The van der Waals surface area contributed by atoms with E-state index in [1.165, 1.54) is 0 Å². The molecule has 38 heavy (non-hydrogen) atoms. The molecule has 0 amide bonds. The normalized spacial score (nSPS) is 16.5. The predicted octanol–water partition coefficient (Wildman–Crippen LogP) is 10.8. The molecule has 0 heterocycles. The van der Waals surface area contributed by atoms with Crippen LogP contribution in [0.4, 0.5) is 0 Å². The maximum Gasteiger partial charge on any atom is 0.0629 e. The summed E-state index contributed by atoms with van der Waals surface area (Å²) >= 11 is 0. The van der Waals surface area contributed by atoms with Crippen molar-refractivity contribution in [3.05, 3.63) is 145 Å². The van der Waals surface area contributed by atoms with E-state index < -0.39 is 84.1 Å². The van der Waals surface area contributed by atoms with Gasteiger partial charge in [0.2, 0.25) is 0 Å². The summed E-state index contributed by atoms with van der Waals surface area (Å²) in [5.74, 6) is 0. The number of fused-ring (bicyclic) bond motifs is 7. The van der Waals surface area contributed by atoms with E-state index in [2.05, 4.69) is 0 Å². The molecule has 0 saturated carbocycles. The zero-order valence-corrected chi connectivity index (χ0v) is 19.9. The first-order valence-corrected chi connectivity index (χ1v) is 12.1. The first-order chi connectivity index (χ1) is 24.3. The van der Waals surface area contributed by atoms with E-state index in [0.717, 1.165) is 26.9 Å². The van der Waals surface area contributed by atoms with Gasteiger partial charge in [0.05, 0.1) is 17.8 Å². The minimum Gasteiger partial charge on any atom is -0.0622 e. The Labute approximate surface area is 239 Å². The third-order valence-electron chi connectivity index (χ3n) is 7.14. The number of benzene rings is 8. The van der Waals surface area contributed by atoms with E-state index in [1.54, 1.807) is 0 Å². The summed E-state index contributed by atoms with van der Waals surface area (Å²) < 4.78 is 115. The topological polar surface area (TPSA) is 0 Å². The summed E-state index contributed by atoms with van der Waals surface area (Å²) in [4.78, 5) is 0. The van der Waals surface area contributed by atoms with Crippen LogP contribution in [0.2, 0.25) is 0 Å². The molecule has 0 aliphatic carbocycles. The molecule has 0 aliphatic rings. The Bertz CT molecular complexity index is 2790. The van der Waals surface area contributed by atoms with Crippen LogP contribution >= 0.6 is 0 Å². The highest BCUT2D eigenvalue weighted by Gasteiger charge is 2.19. The van der Waals surface area contributed by atoms with Crippen LogP contribution in [0.3, 0.4) is 0 Å². The van der Waals surface area contributed by atoms with Crippen molar-refractivity contribution in [2.75, 3.05) is 0 Å². The molecule has 0 heteroatoms. The highest BCUT2D eigenvalue weighted by molar-refractivity contribution is 6.28. The van der Waals surface area contributed by atoms with E-state index >= 15 is 0 Å². The fourth-order valence-electron chi connectivity index (χ4n) is 5.60. The van der Waals surface area contributed by atoms with Crippen LogP contribution in [0.15, 0.2) is 145 Å². The summed E-state index contributed by atoms with van der Waals surface area (Å²) in [6.45, 7) is 0. The molecule has 0 saturated heterocycles. The van der Waals surface area contributed by atoms with Gasteiger partial charge in [-0.2, -0.15) is 0 Å². The molecule has 8 aromatic carbocycles. The van der Waals surface area contributed by atoms with Gasteiger partial charge in [-0.3, -0.25) is 0 Å². The molecule has 0 radical (unpaired) electrons. The van der Waals surface area contributed by atoms with Crippen molar-refractivity contribution in [3.63, 3.8) is 0 Å². The smallest absolute Gasteiger partial charge is 0.0622 e. The largest absolute Gasteiger partial charge is 0.0629 e. The van der Waals surface area contributed by atoms with Crippen molar-refractivity contribution in [1.82, 2.24) is 0 Å². The molecule has 176 valence electrons. The van der Waals surface area contributed by atoms with Crippen LogP contribution < -0.4 is 0 Å². The Morgan fingerprint density at radius 2 is 0.921 bits per heavy atom. The van der Waals surface area contributed by atoms with Crippen molar-refractivity contribution < 1.29 is 17.8 Å². The second-order valence-electron chi connectivity index (χ2n) is 9.10. The molecule has 0 fully saturated rings. The minimum absolute atomic E-state index is 0.106. The van der Waals surface area contributed by atoms with Gasteiger partial charge in [0, 0.05) is 0 Å². The van der Waals surface area contributed by atoms with Crippen molar-refractivity contribution in [3.8, 4) is 22.3 Å². The van der Waals surface area contributed by atoms with Gasteiger partial charge in [0.1, 0.15) is 0 Å². The quantitative estimate of drug-likeness (QED) is 0.166. The van der Waals surface area contributed by atoms with Gasteiger partial charge < -0.3 is 0 Å². The lowest BCUT2D eigenvalue weighted by molar-refractivity contribution is 1.67. The number of hydrogen-bond donors (Lipinski definition) is 0. The predicted molar refractivity (Wildman–Crippen MR) is 165 cm³/mol. The van der Waals surface area contributed by atoms with Crippen LogP contribution in [0.5, 0.6) is 0 Å². The summed E-state index contributed by atoms with van der Waals surface area (Å²) in [7, 11) is 0. The van der Waals surface area contributed by atoms with Gasteiger partial charge in [-0.25, -0.2) is 0 Å². The second kappa shape index (κ2) is 8.30. The molecular weight excluding hydrogens is 456 g/mol. The van der Waals surface area contributed by atoms with Crippen LogP contribution in [-0.2, 0) is 0 Å². The molecule has 0 bridgehead atoms. The first-order valence-electron chi connectivity index (χ1n) is 18.6. The molecule has 0 aliphatic heterocycles. The van der Waals surface area contributed by atoms with Crippen molar-refractivity contribution in [2.24, 2.45) is 0 Å². The lowest BCUT2D eigenvalue weighted by Crippen LogP contribution is -1.92. The lowest BCUT2D eigenvalue weighted by atomic mass is 9.83. The molecule has 0 unspecified atom stereocenters. The monoisotopic (exact) mass is 493 g/mol. The summed E-state index contributed by atoms with van der Waals surface area (Å²) in [6.07, 6.45) is 0. The zero-order valence-electron chi connectivity index (χ0n) is 32.9. The van der Waals surface area contributed by atoms with Crippen LogP contribution in [0.25, 0.3) is 76.1 Å². The average molecular weight is 494 g/mol. The molecule has 0 spiro atoms. The third-order valence-corrected chi connectivity index (χ3v) is 7.14. The minimum atomic E-state index is -0.703. The van der Waals surface area contributed by atoms with Gasteiger partial charge in [0.15, 0.2) is 0 Å². The highest BCUT2D eigenvalue weighted by atomic mass is 14.2. The molecule has 0 aromatic heterocycles. The zero-order chi connectivity index (χ0) is 36.4. The van der Waals surface area contributed by atoms with Gasteiger partial charge in [-0.15, -0.1) is 0 Å². The lowest BCUT2D eigenvalue weighted by Gasteiger charge is -2.20. The van der Waals surface area contributed by atoms with Gasteiger partial charge in [-0.05, 0) is 82.2 Å². The Morgan fingerprint density at radius 3 is 1.61 bits per heavy atom. The fourth-order valence-corrected chi connectivity index (χ4v) is 5.60. The first kappa shape index (κ1) is 12.1. The van der Waals surface area contributed by atoms with Crippen molar-refractivity contribution in [2.45, 2.75) is 0 Å². The maximum absolute atomic E-state index is 9.29. The standard InChI is InChI=1S/C38H24/c1-2-13-26(14-3-1)36-31-18-8-10-20-33(31)38(34-21-11-9-19-32(34)36)35-24-27-23-22-25-12-4-5-15-28(25)37(27)30-17-7-6-16-29(30)35/h1-24H/i1D,2D,3D,8D,9D,10D,11D,13D,14D,18D,19D,20D,21D. The third kappa shape index (κ3) is 3.04. The van der Waals surface area contributed by atoms with Gasteiger partial charge >= 0.3 is 0 Å². The second-order valence-corrected chi connectivity index (χ2v) is 9.10. The van der Waals surface area contributed by atoms with Crippen molar-refractivity contribution >= 4 is 53.9 Å². The fraction of sp³-hybridized carbons (Fsp3) is 0. The van der Waals surface area contributed by atoms with E-state index in [4.69, 9.17) is 12.3 Å². The van der Waals surface area contributed by atoms with Gasteiger partial charge in [0.25, 0.3) is 0 Å². The molecule has 0 N–H and O–H groups in total. The van der Waals surface area contributed by atoms with Gasteiger partial charge in [-0.1, -0.05) is 139 Å². The highest BCUT2D eigenvalue weighted by Crippen LogP contribution is 2.47. The van der Waals surface area contributed by atoms with Crippen LogP contribution in [-0.4, -0.2) is 0 Å². The SMILES string of the molecule is [2H]c1c([2H])c([2H])c(-c2c3c([2H])c([2H])c([2H])c([2H])c3c(-c3cc4ccc5ccccc5c4c4ccccc34)c3c([2H])c([2H])c([2H])c([2H])c23)c([2H])c1[2H]. The summed E-state index contributed by atoms with van der Waals surface area (Å²) in [5.41, 5.74) is -0.185. The Hall–Kier alpha value is -4.94. The van der Waals surface area contributed by atoms with E-state index in [9.17, 15) is 5.48 Å². The van der Waals surface area contributed by atoms with Crippen LogP contribution in [0.1, 0.15) is 17.8 Å². The molecular formula is C38H24. The summed E-state index contributed by atoms with van der Waals surface area (Å²) in [6, 6.07) is 13.0. The van der Waals surface area contributed by atoms with E-state index in [0.29, 0.717) is 10.9 Å². The van der Waals surface area contributed by atoms with Crippen LogP contribution in [0, 0.1) is 0 Å². The molecule has 0 atom stereocenters.